The molecule has 0 aliphatic rings. The van der Waals surface area contributed by atoms with Crippen LogP contribution in [0, 0.1) is 16.7 Å². The first kappa shape index (κ1) is 11.2. The lowest BCUT2D eigenvalue weighted by atomic mass is 9.85. The summed E-state index contributed by atoms with van der Waals surface area (Å²) in [6, 6.07) is 2.42. The third-order valence-corrected chi connectivity index (χ3v) is 2.26. The van der Waals surface area contributed by atoms with Gasteiger partial charge in [0.25, 0.3) is 0 Å². The third kappa shape index (κ3) is 2.67. The van der Waals surface area contributed by atoms with E-state index < -0.39 is 5.41 Å². The van der Waals surface area contributed by atoms with Crippen molar-refractivity contribution in [2.24, 2.45) is 5.41 Å². The van der Waals surface area contributed by atoms with E-state index in [1.165, 1.54) is 0 Å². The van der Waals surface area contributed by atoms with E-state index in [0.717, 1.165) is 13.0 Å². The molecule has 0 amide bonds. The average molecular weight is 166 g/mol. The van der Waals surface area contributed by atoms with Crippen LogP contribution in [0.5, 0.6) is 0 Å². The van der Waals surface area contributed by atoms with E-state index in [1.54, 1.807) is 6.08 Å². The van der Waals surface area contributed by atoms with Crippen molar-refractivity contribution < 1.29 is 0 Å². The zero-order valence-electron chi connectivity index (χ0n) is 8.22. The maximum Gasteiger partial charge on any atom is 0.0872 e. The van der Waals surface area contributed by atoms with Crippen LogP contribution in [0.15, 0.2) is 12.7 Å². The highest BCUT2D eigenvalue weighted by Crippen LogP contribution is 2.21. The molecule has 0 saturated carbocycles. The maximum absolute atomic E-state index is 8.89. The molecule has 2 nitrogen and oxygen atoms in total. The van der Waals surface area contributed by atoms with Crippen molar-refractivity contribution in [1.29, 1.82) is 5.26 Å². The number of nitriles is 1. The highest BCUT2D eigenvalue weighted by atomic mass is 14.9. The smallest absolute Gasteiger partial charge is 0.0872 e. The van der Waals surface area contributed by atoms with Crippen molar-refractivity contribution in [1.82, 2.24) is 5.32 Å². The second-order valence-electron chi connectivity index (χ2n) is 3.27. The Morgan fingerprint density at radius 2 is 2.33 bits per heavy atom. The predicted octanol–water partition coefficient (Wildman–Crippen LogP) is 2.09. The van der Waals surface area contributed by atoms with Gasteiger partial charge in [-0.2, -0.15) is 5.26 Å². The molecule has 0 spiro atoms. The molecule has 0 rings (SSSR count). The van der Waals surface area contributed by atoms with Crippen molar-refractivity contribution in [2.45, 2.75) is 33.2 Å². The highest BCUT2D eigenvalue weighted by Gasteiger charge is 2.26. The molecule has 2 heteroatoms. The van der Waals surface area contributed by atoms with E-state index in [-0.39, 0.29) is 6.04 Å². The maximum atomic E-state index is 8.89. The monoisotopic (exact) mass is 166 g/mol. The van der Waals surface area contributed by atoms with Gasteiger partial charge in [-0.1, -0.05) is 13.0 Å². The first-order valence-electron chi connectivity index (χ1n) is 4.39. The number of rotatable bonds is 5. The zero-order chi connectivity index (χ0) is 9.61. The fourth-order valence-electron chi connectivity index (χ4n) is 0.892. The second kappa shape index (κ2) is 4.95. The van der Waals surface area contributed by atoms with Crippen LogP contribution in [0.1, 0.15) is 27.2 Å². The van der Waals surface area contributed by atoms with Gasteiger partial charge in [-0.05, 0) is 26.8 Å². The minimum atomic E-state index is -0.449. The molecule has 0 fully saturated rings. The van der Waals surface area contributed by atoms with Gasteiger partial charge in [0.2, 0.25) is 0 Å². The number of nitrogens with one attached hydrogen (secondary N) is 1. The summed E-state index contributed by atoms with van der Waals surface area (Å²) in [6.45, 7) is 10.6. The lowest BCUT2D eigenvalue weighted by Crippen LogP contribution is -2.39. The van der Waals surface area contributed by atoms with E-state index in [9.17, 15) is 0 Å². The van der Waals surface area contributed by atoms with Gasteiger partial charge in [0.15, 0.2) is 0 Å². The Bertz CT molecular complexity index is 181. The quantitative estimate of drug-likeness (QED) is 0.635. The van der Waals surface area contributed by atoms with E-state index in [2.05, 4.69) is 24.9 Å². The summed E-state index contributed by atoms with van der Waals surface area (Å²) in [7, 11) is 0. The second-order valence-corrected chi connectivity index (χ2v) is 3.27. The molecule has 0 heterocycles. The van der Waals surface area contributed by atoms with Crippen molar-refractivity contribution in [3.8, 4) is 6.07 Å². The van der Waals surface area contributed by atoms with E-state index in [4.69, 9.17) is 5.26 Å². The molecule has 0 aromatic carbocycles. The van der Waals surface area contributed by atoms with Gasteiger partial charge in [-0.25, -0.2) is 0 Å². The first-order valence-corrected chi connectivity index (χ1v) is 4.39. The summed E-state index contributed by atoms with van der Waals surface area (Å²) >= 11 is 0. The van der Waals surface area contributed by atoms with Gasteiger partial charge in [0.1, 0.15) is 0 Å². The summed E-state index contributed by atoms with van der Waals surface area (Å²) in [5, 5.41) is 12.2. The molecule has 0 radical (unpaired) electrons. The van der Waals surface area contributed by atoms with E-state index in [1.807, 2.05) is 13.8 Å². The standard InChI is InChI=1S/C10H18N2/c1-5-7-12-9(3)10(4,6-2)8-11/h6,9,12H,2,5,7H2,1,3-4H3. The lowest BCUT2D eigenvalue weighted by molar-refractivity contribution is 0.381. The molecule has 68 valence electrons. The molecular formula is C10H18N2. The number of nitrogens with zero attached hydrogens (tertiary/aromatic N) is 1. The topological polar surface area (TPSA) is 35.8 Å². The summed E-state index contributed by atoms with van der Waals surface area (Å²) in [4.78, 5) is 0. The Hall–Kier alpha value is -0.810. The Morgan fingerprint density at radius 3 is 2.67 bits per heavy atom. The Morgan fingerprint density at radius 1 is 1.75 bits per heavy atom. The summed E-state index contributed by atoms with van der Waals surface area (Å²) in [5.41, 5.74) is -0.449. The Balaban J connectivity index is 4.14. The fourth-order valence-corrected chi connectivity index (χ4v) is 0.892. The van der Waals surface area contributed by atoms with Gasteiger partial charge in [0, 0.05) is 6.04 Å². The summed E-state index contributed by atoms with van der Waals surface area (Å²) < 4.78 is 0. The number of hydrogen-bond acceptors (Lipinski definition) is 2. The normalized spacial score (nSPS) is 17.5. The minimum Gasteiger partial charge on any atom is -0.312 e. The summed E-state index contributed by atoms with van der Waals surface area (Å²) in [5.74, 6) is 0. The zero-order valence-corrected chi connectivity index (χ0v) is 8.22. The van der Waals surface area contributed by atoms with Gasteiger partial charge in [-0.3, -0.25) is 0 Å². The molecule has 12 heavy (non-hydrogen) atoms. The molecule has 0 saturated heterocycles. The van der Waals surface area contributed by atoms with E-state index >= 15 is 0 Å². The average Bonchev–Trinajstić information content (AvgIpc) is 2.12. The highest BCUT2D eigenvalue weighted by molar-refractivity contribution is 5.12. The lowest BCUT2D eigenvalue weighted by Gasteiger charge is -2.25. The third-order valence-electron chi connectivity index (χ3n) is 2.26. The largest absolute Gasteiger partial charge is 0.312 e. The van der Waals surface area contributed by atoms with Crippen molar-refractivity contribution in [2.75, 3.05) is 6.54 Å². The molecule has 0 aliphatic heterocycles. The molecular weight excluding hydrogens is 148 g/mol. The molecule has 2 atom stereocenters. The van der Waals surface area contributed by atoms with Crippen LogP contribution < -0.4 is 5.32 Å². The Labute approximate surface area is 75.3 Å². The molecule has 0 bridgehead atoms. The fraction of sp³-hybridized carbons (Fsp3) is 0.700. The van der Waals surface area contributed by atoms with Gasteiger partial charge in [0.05, 0.1) is 11.5 Å². The summed E-state index contributed by atoms with van der Waals surface area (Å²) in [6.07, 6.45) is 2.79. The SMILES string of the molecule is C=CC(C)(C#N)C(C)NCCC. The van der Waals surface area contributed by atoms with Crippen LogP contribution in [0.3, 0.4) is 0 Å². The van der Waals surface area contributed by atoms with Crippen LogP contribution in [0.2, 0.25) is 0 Å². The van der Waals surface area contributed by atoms with E-state index in [0.29, 0.717) is 0 Å². The molecule has 0 aliphatic carbocycles. The van der Waals surface area contributed by atoms with Crippen LogP contribution in [0.25, 0.3) is 0 Å². The molecule has 2 unspecified atom stereocenters. The van der Waals surface area contributed by atoms with Gasteiger partial charge in [-0.15, -0.1) is 6.58 Å². The minimum absolute atomic E-state index is 0.167. The molecule has 1 N–H and O–H groups in total. The molecule has 0 aromatic heterocycles. The number of hydrogen-bond donors (Lipinski definition) is 1. The predicted molar refractivity (Wildman–Crippen MR) is 51.7 cm³/mol. The molecule has 0 aromatic rings. The van der Waals surface area contributed by atoms with Crippen LogP contribution in [0.4, 0.5) is 0 Å². The van der Waals surface area contributed by atoms with Crippen molar-refractivity contribution in [3.63, 3.8) is 0 Å². The van der Waals surface area contributed by atoms with Crippen molar-refractivity contribution >= 4 is 0 Å². The Kier molecular flexibility index (Phi) is 4.61. The van der Waals surface area contributed by atoms with Gasteiger partial charge < -0.3 is 5.32 Å². The van der Waals surface area contributed by atoms with Gasteiger partial charge >= 0.3 is 0 Å². The van der Waals surface area contributed by atoms with Crippen LogP contribution >= 0.6 is 0 Å². The van der Waals surface area contributed by atoms with Crippen molar-refractivity contribution in [3.05, 3.63) is 12.7 Å². The van der Waals surface area contributed by atoms with Crippen LogP contribution in [-0.4, -0.2) is 12.6 Å². The first-order chi connectivity index (χ1) is 5.60. The van der Waals surface area contributed by atoms with Crippen LogP contribution in [-0.2, 0) is 0 Å².